The van der Waals surface area contributed by atoms with Gasteiger partial charge >= 0.3 is 0 Å². The monoisotopic (exact) mass is 382 g/mol. The molecule has 2 heterocycles. The number of methoxy groups -OCH3 is 1. The molecule has 1 aliphatic rings. The highest BCUT2D eigenvalue weighted by Crippen LogP contribution is 2.22. The van der Waals surface area contributed by atoms with Crippen molar-refractivity contribution in [2.45, 2.75) is 20.3 Å². The molecule has 0 saturated carbocycles. The van der Waals surface area contributed by atoms with E-state index in [0.29, 0.717) is 18.2 Å². The number of carbonyl (C=O) groups excluding carboxylic acids is 1. The zero-order valence-electron chi connectivity index (χ0n) is 17.0. The van der Waals surface area contributed by atoms with Crippen molar-refractivity contribution in [3.05, 3.63) is 48.3 Å². The smallest absolute Gasteiger partial charge is 0.269 e. The van der Waals surface area contributed by atoms with Crippen molar-refractivity contribution in [3.8, 4) is 5.75 Å². The summed E-state index contributed by atoms with van der Waals surface area (Å²) in [5, 5.41) is 2.93. The van der Waals surface area contributed by atoms with E-state index in [1.54, 1.807) is 13.3 Å². The van der Waals surface area contributed by atoms with Crippen molar-refractivity contribution in [3.63, 3.8) is 0 Å². The number of piperazine rings is 1. The average Bonchev–Trinajstić information content (AvgIpc) is 2.74. The molecule has 1 amide bonds. The van der Waals surface area contributed by atoms with Crippen molar-refractivity contribution in [2.75, 3.05) is 49.6 Å². The van der Waals surface area contributed by atoms with Crippen molar-refractivity contribution < 1.29 is 9.53 Å². The molecule has 1 saturated heterocycles. The number of rotatable bonds is 7. The van der Waals surface area contributed by atoms with Gasteiger partial charge in [0.05, 0.1) is 19.0 Å². The van der Waals surface area contributed by atoms with Crippen molar-refractivity contribution >= 4 is 17.3 Å². The van der Waals surface area contributed by atoms with Gasteiger partial charge in [-0.3, -0.25) is 4.79 Å². The van der Waals surface area contributed by atoms with Crippen LogP contribution in [0.4, 0.5) is 11.4 Å². The summed E-state index contributed by atoms with van der Waals surface area (Å²) >= 11 is 0. The van der Waals surface area contributed by atoms with Gasteiger partial charge < -0.3 is 19.9 Å². The Hall–Kier alpha value is -2.76. The zero-order chi connectivity index (χ0) is 19.9. The standard InChI is InChI=1S/C22H30N4O2/c1-17(2)10-11-23-22(27)21-9-6-19(16-24-21)26-14-12-25(13-15-26)18-4-7-20(28-3)8-5-18/h4-9,16-17H,10-15H2,1-3H3,(H,23,27). The van der Waals surface area contributed by atoms with Crippen LogP contribution >= 0.6 is 0 Å². The summed E-state index contributed by atoms with van der Waals surface area (Å²) in [6.45, 7) is 8.73. The minimum Gasteiger partial charge on any atom is -0.497 e. The number of hydrogen-bond acceptors (Lipinski definition) is 5. The Kier molecular flexibility index (Phi) is 6.74. The summed E-state index contributed by atoms with van der Waals surface area (Å²) in [6.07, 6.45) is 2.78. The maximum Gasteiger partial charge on any atom is 0.269 e. The Morgan fingerprint density at radius 1 is 1.04 bits per heavy atom. The van der Waals surface area contributed by atoms with E-state index < -0.39 is 0 Å². The van der Waals surface area contributed by atoms with Crippen LogP contribution in [0, 0.1) is 5.92 Å². The van der Waals surface area contributed by atoms with Crippen molar-refractivity contribution in [2.24, 2.45) is 5.92 Å². The van der Waals surface area contributed by atoms with E-state index in [1.807, 2.05) is 24.3 Å². The van der Waals surface area contributed by atoms with Gasteiger partial charge in [0.1, 0.15) is 11.4 Å². The van der Waals surface area contributed by atoms with Gasteiger partial charge in [-0.1, -0.05) is 13.8 Å². The van der Waals surface area contributed by atoms with Crippen LogP contribution in [0.3, 0.4) is 0 Å². The first-order valence-corrected chi connectivity index (χ1v) is 9.95. The molecule has 1 aromatic heterocycles. The van der Waals surface area contributed by atoms with Gasteiger partial charge in [0, 0.05) is 38.4 Å². The maximum absolute atomic E-state index is 12.2. The molecule has 0 radical (unpaired) electrons. The molecule has 1 N–H and O–H groups in total. The highest BCUT2D eigenvalue weighted by Gasteiger charge is 2.18. The van der Waals surface area contributed by atoms with Crippen molar-refractivity contribution in [1.29, 1.82) is 0 Å². The van der Waals surface area contributed by atoms with Gasteiger partial charge in [0.2, 0.25) is 0 Å². The minimum atomic E-state index is -0.100. The molecule has 6 nitrogen and oxygen atoms in total. The van der Waals surface area contributed by atoms with Crippen LogP contribution in [0.15, 0.2) is 42.6 Å². The molecule has 28 heavy (non-hydrogen) atoms. The van der Waals surface area contributed by atoms with E-state index in [9.17, 15) is 4.79 Å². The lowest BCUT2D eigenvalue weighted by Gasteiger charge is -2.37. The summed E-state index contributed by atoms with van der Waals surface area (Å²) in [7, 11) is 1.68. The number of nitrogens with zero attached hydrogens (tertiary/aromatic N) is 3. The third-order valence-corrected chi connectivity index (χ3v) is 5.07. The number of benzene rings is 1. The maximum atomic E-state index is 12.2. The minimum absolute atomic E-state index is 0.100. The Balaban J connectivity index is 1.52. The molecule has 0 atom stereocenters. The molecule has 1 aliphatic heterocycles. The predicted molar refractivity (Wildman–Crippen MR) is 113 cm³/mol. The fourth-order valence-electron chi connectivity index (χ4n) is 3.29. The van der Waals surface area contributed by atoms with Crippen LogP contribution < -0.4 is 19.9 Å². The van der Waals surface area contributed by atoms with Crippen LogP contribution in [0.2, 0.25) is 0 Å². The van der Waals surface area contributed by atoms with Gasteiger partial charge in [-0.15, -0.1) is 0 Å². The lowest BCUT2D eigenvalue weighted by molar-refractivity contribution is 0.0947. The lowest BCUT2D eigenvalue weighted by Crippen LogP contribution is -2.46. The molecule has 150 valence electrons. The molecule has 2 aromatic rings. The van der Waals surface area contributed by atoms with E-state index >= 15 is 0 Å². The van der Waals surface area contributed by atoms with E-state index in [4.69, 9.17) is 4.74 Å². The van der Waals surface area contributed by atoms with Crippen LogP contribution in [0.25, 0.3) is 0 Å². The molecule has 3 rings (SSSR count). The summed E-state index contributed by atoms with van der Waals surface area (Å²) in [5.41, 5.74) is 2.75. The average molecular weight is 383 g/mol. The summed E-state index contributed by atoms with van der Waals surface area (Å²) < 4.78 is 5.23. The van der Waals surface area contributed by atoms with E-state index in [1.165, 1.54) is 5.69 Å². The van der Waals surface area contributed by atoms with Gasteiger partial charge in [-0.25, -0.2) is 4.98 Å². The summed E-state index contributed by atoms with van der Waals surface area (Å²) in [5.74, 6) is 1.35. The second-order valence-electron chi connectivity index (χ2n) is 7.51. The fourth-order valence-corrected chi connectivity index (χ4v) is 3.29. The third kappa shape index (κ3) is 5.15. The normalized spacial score (nSPS) is 14.3. The van der Waals surface area contributed by atoms with Gasteiger partial charge in [0.15, 0.2) is 0 Å². The van der Waals surface area contributed by atoms with Crippen LogP contribution in [-0.4, -0.2) is 50.7 Å². The number of hydrogen-bond donors (Lipinski definition) is 1. The molecule has 6 heteroatoms. The van der Waals surface area contributed by atoms with Crippen LogP contribution in [0.5, 0.6) is 5.75 Å². The molecule has 0 unspecified atom stereocenters. The molecule has 0 bridgehead atoms. The number of nitrogens with one attached hydrogen (secondary N) is 1. The van der Waals surface area contributed by atoms with E-state index in [0.717, 1.165) is 44.0 Å². The van der Waals surface area contributed by atoms with Gasteiger partial charge in [-0.05, 0) is 48.7 Å². The number of carbonyl (C=O) groups is 1. The highest BCUT2D eigenvalue weighted by atomic mass is 16.5. The van der Waals surface area contributed by atoms with Gasteiger partial charge in [0.25, 0.3) is 5.91 Å². The first-order valence-electron chi connectivity index (χ1n) is 9.95. The topological polar surface area (TPSA) is 57.7 Å². The molecule has 1 aromatic carbocycles. The quantitative estimate of drug-likeness (QED) is 0.797. The van der Waals surface area contributed by atoms with Crippen molar-refractivity contribution in [1.82, 2.24) is 10.3 Å². The Morgan fingerprint density at radius 3 is 2.18 bits per heavy atom. The predicted octanol–water partition coefficient (Wildman–Crippen LogP) is 3.19. The first-order chi connectivity index (χ1) is 13.6. The number of ether oxygens (including phenoxy) is 1. The molecular formula is C22H30N4O2. The number of pyridine rings is 1. The zero-order valence-corrected chi connectivity index (χ0v) is 17.0. The van der Waals surface area contributed by atoms with E-state index in [-0.39, 0.29) is 5.91 Å². The third-order valence-electron chi connectivity index (χ3n) is 5.07. The number of anilines is 2. The summed E-state index contributed by atoms with van der Waals surface area (Å²) in [4.78, 5) is 21.2. The Labute approximate surface area is 167 Å². The molecule has 0 aliphatic carbocycles. The molecule has 0 spiro atoms. The second kappa shape index (κ2) is 9.44. The first kappa shape index (κ1) is 20.0. The van der Waals surface area contributed by atoms with E-state index in [2.05, 4.69) is 46.1 Å². The second-order valence-corrected chi connectivity index (χ2v) is 7.51. The lowest BCUT2D eigenvalue weighted by atomic mass is 10.1. The largest absolute Gasteiger partial charge is 0.497 e. The Bertz CT molecular complexity index is 751. The number of amides is 1. The number of aromatic nitrogens is 1. The van der Waals surface area contributed by atoms with Crippen LogP contribution in [0.1, 0.15) is 30.8 Å². The molecule has 1 fully saturated rings. The fraction of sp³-hybridized carbons (Fsp3) is 0.455. The Morgan fingerprint density at radius 2 is 1.64 bits per heavy atom. The molecular weight excluding hydrogens is 352 g/mol. The summed E-state index contributed by atoms with van der Waals surface area (Å²) in [6, 6.07) is 12.0. The highest BCUT2D eigenvalue weighted by molar-refractivity contribution is 5.92. The van der Waals surface area contributed by atoms with Gasteiger partial charge in [-0.2, -0.15) is 0 Å². The van der Waals surface area contributed by atoms with Crippen LogP contribution in [-0.2, 0) is 0 Å². The SMILES string of the molecule is COc1ccc(N2CCN(c3ccc(C(=O)NCCC(C)C)nc3)CC2)cc1.